The molecule has 2 amide bonds. The number of hydrogen-bond acceptors (Lipinski definition) is 3. The molecule has 0 saturated heterocycles. The van der Waals surface area contributed by atoms with Gasteiger partial charge < -0.3 is 5.32 Å². The molecule has 0 aliphatic heterocycles. The third kappa shape index (κ3) is 7.98. The summed E-state index contributed by atoms with van der Waals surface area (Å²) < 4.78 is 0. The van der Waals surface area contributed by atoms with E-state index in [1.165, 1.54) is 44.9 Å². The van der Waals surface area contributed by atoms with Crippen molar-refractivity contribution >= 4 is 39.6 Å². The lowest BCUT2D eigenvalue weighted by Crippen LogP contribution is -2.34. The fraction of sp³-hybridized carbons (Fsp3) is 0.414. The first-order valence-electron chi connectivity index (χ1n) is 12.7. The summed E-state index contributed by atoms with van der Waals surface area (Å²) in [5.74, 6) is -0.414. The number of fused-ring (bicyclic) bond motifs is 2. The van der Waals surface area contributed by atoms with Gasteiger partial charge in [-0.2, -0.15) is 5.10 Å². The molecule has 3 aromatic rings. The van der Waals surface area contributed by atoms with Gasteiger partial charge in [0.15, 0.2) is 0 Å². The van der Waals surface area contributed by atoms with Gasteiger partial charge in [-0.25, -0.2) is 5.43 Å². The molecule has 0 heterocycles. The van der Waals surface area contributed by atoms with E-state index in [9.17, 15) is 9.59 Å². The Kier molecular flexibility index (Phi) is 10.6. The first kappa shape index (κ1) is 25.4. The normalized spacial score (nSPS) is 11.3. The molecule has 0 saturated carbocycles. The van der Waals surface area contributed by atoms with Crippen LogP contribution in [0.3, 0.4) is 0 Å². The number of nitrogens with zero attached hydrogens (tertiary/aromatic N) is 1. The number of hydrogen-bond donors (Lipinski definition) is 2. The zero-order valence-electron chi connectivity index (χ0n) is 20.3. The van der Waals surface area contributed by atoms with Crippen molar-refractivity contribution in [2.75, 3.05) is 6.54 Å². The second-order valence-electron chi connectivity index (χ2n) is 8.88. The molecule has 0 fully saturated rings. The van der Waals surface area contributed by atoms with Crippen LogP contribution in [-0.4, -0.2) is 24.6 Å². The predicted molar refractivity (Wildman–Crippen MR) is 142 cm³/mol. The average Bonchev–Trinajstić information content (AvgIpc) is 2.86. The number of hydrazone groups is 1. The molecule has 0 radical (unpaired) electrons. The lowest BCUT2D eigenvalue weighted by Gasteiger charge is -2.08. The number of carbonyl (C=O) groups is 2. The first-order valence-corrected chi connectivity index (χ1v) is 12.7. The lowest BCUT2D eigenvalue weighted by molar-refractivity contribution is -0.126. The first-order chi connectivity index (χ1) is 16.7. The molecule has 0 atom stereocenters. The Morgan fingerprint density at radius 1 is 0.765 bits per heavy atom. The Labute approximate surface area is 203 Å². The van der Waals surface area contributed by atoms with Gasteiger partial charge in [-0.3, -0.25) is 9.59 Å². The van der Waals surface area contributed by atoms with Gasteiger partial charge in [0.05, 0.1) is 12.8 Å². The molecule has 0 aromatic heterocycles. The third-order valence-electron chi connectivity index (χ3n) is 6.15. The summed E-state index contributed by atoms with van der Waals surface area (Å²) in [6.45, 7) is 2.17. The van der Waals surface area contributed by atoms with Crippen LogP contribution in [-0.2, 0) is 9.59 Å². The van der Waals surface area contributed by atoms with Crippen LogP contribution < -0.4 is 10.7 Å². The molecule has 0 aliphatic rings. The maximum Gasteiger partial charge on any atom is 0.259 e. The van der Waals surface area contributed by atoms with E-state index < -0.39 is 0 Å². The summed E-state index contributed by atoms with van der Waals surface area (Å²) >= 11 is 0. The van der Waals surface area contributed by atoms with E-state index >= 15 is 0 Å². The third-order valence-corrected chi connectivity index (χ3v) is 6.15. The Bertz CT molecular complexity index is 1050. The summed E-state index contributed by atoms with van der Waals surface area (Å²) in [4.78, 5) is 24.2. The summed E-state index contributed by atoms with van der Waals surface area (Å²) in [6.07, 6.45) is 13.1. The van der Waals surface area contributed by atoms with Gasteiger partial charge in [-0.1, -0.05) is 107 Å². The van der Waals surface area contributed by atoms with Crippen molar-refractivity contribution in [3.63, 3.8) is 0 Å². The van der Waals surface area contributed by atoms with Gasteiger partial charge >= 0.3 is 0 Å². The van der Waals surface area contributed by atoms with Crippen molar-refractivity contribution in [1.82, 2.24) is 10.7 Å². The molecule has 0 unspecified atom stereocenters. The van der Waals surface area contributed by atoms with Gasteiger partial charge in [0.2, 0.25) is 5.91 Å². The summed E-state index contributed by atoms with van der Waals surface area (Å²) in [5, 5.41) is 11.3. The average molecular weight is 460 g/mol. The van der Waals surface area contributed by atoms with Crippen LogP contribution in [0.25, 0.3) is 21.5 Å². The minimum Gasteiger partial charge on any atom is -0.347 e. The van der Waals surface area contributed by atoms with E-state index in [-0.39, 0.29) is 18.4 Å². The molecule has 3 rings (SSSR count). The molecular weight excluding hydrogens is 422 g/mol. The SMILES string of the molecule is CCCCCCCCCCCC(=O)NCC(=O)N/N=C\c1c2ccccc2cc2ccccc12. The number of rotatable bonds is 14. The molecule has 34 heavy (non-hydrogen) atoms. The second-order valence-corrected chi connectivity index (χ2v) is 8.88. The smallest absolute Gasteiger partial charge is 0.259 e. The van der Waals surface area contributed by atoms with Crippen molar-refractivity contribution in [2.24, 2.45) is 5.10 Å². The number of nitrogens with one attached hydrogen (secondary N) is 2. The Balaban J connectivity index is 1.39. The largest absolute Gasteiger partial charge is 0.347 e. The monoisotopic (exact) mass is 459 g/mol. The minimum absolute atomic E-state index is 0.0656. The van der Waals surface area contributed by atoms with E-state index in [0.717, 1.165) is 39.9 Å². The Morgan fingerprint density at radius 2 is 1.32 bits per heavy atom. The van der Waals surface area contributed by atoms with Gasteiger partial charge in [0.25, 0.3) is 5.91 Å². The van der Waals surface area contributed by atoms with Crippen LogP contribution in [0.1, 0.15) is 76.7 Å². The summed E-state index contributed by atoms with van der Waals surface area (Å²) in [6, 6.07) is 18.4. The van der Waals surface area contributed by atoms with E-state index in [2.05, 4.69) is 53.1 Å². The standard InChI is InChI=1S/C29H37N3O2/c1-2-3-4-5-6-7-8-9-10-19-28(33)30-22-29(34)32-31-21-27-25-17-13-11-15-23(25)20-24-16-12-14-18-26(24)27/h11-18,20-21H,2-10,19,22H2,1H3,(H,30,33)(H,32,34)/b31-21-. The highest BCUT2D eigenvalue weighted by atomic mass is 16.2. The number of unbranched alkanes of at least 4 members (excludes halogenated alkanes) is 8. The van der Waals surface area contributed by atoms with E-state index in [4.69, 9.17) is 0 Å². The van der Waals surface area contributed by atoms with Gasteiger partial charge in [0, 0.05) is 12.0 Å². The van der Waals surface area contributed by atoms with Crippen LogP contribution >= 0.6 is 0 Å². The highest BCUT2D eigenvalue weighted by Crippen LogP contribution is 2.27. The van der Waals surface area contributed by atoms with Gasteiger partial charge in [-0.15, -0.1) is 0 Å². The van der Waals surface area contributed by atoms with Crippen LogP contribution in [0.4, 0.5) is 0 Å². The van der Waals surface area contributed by atoms with Crippen molar-refractivity contribution in [1.29, 1.82) is 0 Å². The minimum atomic E-state index is -0.332. The second kappa shape index (κ2) is 14.1. The van der Waals surface area contributed by atoms with E-state index in [1.807, 2.05) is 24.3 Å². The summed E-state index contributed by atoms with van der Waals surface area (Å²) in [5.41, 5.74) is 3.50. The number of benzene rings is 3. The fourth-order valence-electron chi connectivity index (χ4n) is 4.26. The van der Waals surface area contributed by atoms with Crippen LogP contribution in [0.15, 0.2) is 59.7 Å². The summed E-state index contributed by atoms with van der Waals surface area (Å²) in [7, 11) is 0. The van der Waals surface area contributed by atoms with Gasteiger partial charge in [-0.05, 0) is 34.0 Å². The Hall–Kier alpha value is -3.21. The molecule has 5 heteroatoms. The maximum absolute atomic E-state index is 12.1. The fourth-order valence-corrected chi connectivity index (χ4v) is 4.26. The van der Waals surface area contributed by atoms with E-state index in [0.29, 0.717) is 6.42 Å². The topological polar surface area (TPSA) is 70.6 Å². The van der Waals surface area contributed by atoms with Crippen molar-refractivity contribution in [3.8, 4) is 0 Å². The van der Waals surface area contributed by atoms with Crippen LogP contribution in [0.5, 0.6) is 0 Å². The van der Waals surface area contributed by atoms with Gasteiger partial charge in [0.1, 0.15) is 0 Å². The maximum atomic E-state index is 12.1. The van der Waals surface area contributed by atoms with Crippen LogP contribution in [0.2, 0.25) is 0 Å². The molecule has 5 nitrogen and oxygen atoms in total. The molecule has 3 aromatic carbocycles. The highest BCUT2D eigenvalue weighted by Gasteiger charge is 2.07. The molecular formula is C29H37N3O2. The molecule has 0 spiro atoms. The zero-order valence-corrected chi connectivity index (χ0v) is 20.3. The molecule has 0 aliphatic carbocycles. The number of amides is 2. The van der Waals surface area contributed by atoms with Crippen molar-refractivity contribution in [3.05, 3.63) is 60.2 Å². The quantitative estimate of drug-likeness (QED) is 0.125. The number of carbonyl (C=O) groups excluding carboxylic acids is 2. The highest BCUT2D eigenvalue weighted by molar-refractivity contribution is 6.13. The predicted octanol–water partition coefficient (Wildman–Crippen LogP) is 6.48. The van der Waals surface area contributed by atoms with E-state index in [1.54, 1.807) is 6.21 Å². The Morgan fingerprint density at radius 3 is 1.94 bits per heavy atom. The molecule has 0 bridgehead atoms. The van der Waals surface area contributed by atoms with Crippen molar-refractivity contribution < 1.29 is 9.59 Å². The lowest BCUT2D eigenvalue weighted by atomic mass is 9.97. The molecule has 180 valence electrons. The molecule has 2 N–H and O–H groups in total. The van der Waals surface area contributed by atoms with Crippen molar-refractivity contribution in [2.45, 2.75) is 71.1 Å². The van der Waals surface area contributed by atoms with Crippen LogP contribution in [0, 0.1) is 0 Å². The zero-order chi connectivity index (χ0) is 24.0.